The maximum Gasteiger partial charge on any atom is 0.573 e. The number of nitrogens with zero attached hydrogens (tertiary/aromatic N) is 1. The van der Waals surface area contributed by atoms with E-state index in [-0.39, 0.29) is 16.9 Å². The minimum absolute atomic E-state index is 0.0610. The predicted molar refractivity (Wildman–Crippen MR) is 78.9 cm³/mol. The second-order valence-corrected chi connectivity index (χ2v) is 4.76. The number of rotatable bonds is 4. The molecule has 0 saturated carbocycles. The molecule has 126 valence electrons. The molecule has 0 unspecified atom stereocenters. The highest BCUT2D eigenvalue weighted by Gasteiger charge is 2.32. The van der Waals surface area contributed by atoms with E-state index in [0.717, 1.165) is 12.1 Å². The summed E-state index contributed by atoms with van der Waals surface area (Å²) >= 11 is 0. The molecule has 9 heteroatoms. The summed E-state index contributed by atoms with van der Waals surface area (Å²) in [5.74, 6) is -1.38. The molecule has 2 aromatic carbocycles. The van der Waals surface area contributed by atoms with Crippen LogP contribution in [0.1, 0.15) is 15.9 Å². The van der Waals surface area contributed by atoms with Crippen molar-refractivity contribution in [3.8, 4) is 5.75 Å². The van der Waals surface area contributed by atoms with Gasteiger partial charge in [-0.1, -0.05) is 18.2 Å². The third kappa shape index (κ3) is 4.22. The van der Waals surface area contributed by atoms with Crippen LogP contribution in [0.3, 0.4) is 0 Å². The number of aryl methyl sites for hydroxylation is 1. The van der Waals surface area contributed by atoms with Crippen LogP contribution in [0, 0.1) is 17.0 Å². The number of nitrogens with one attached hydrogen (secondary N) is 1. The maximum absolute atomic E-state index is 12.4. The normalized spacial score (nSPS) is 11.0. The van der Waals surface area contributed by atoms with E-state index in [4.69, 9.17) is 0 Å². The smallest absolute Gasteiger partial charge is 0.404 e. The lowest BCUT2D eigenvalue weighted by Crippen LogP contribution is -2.19. The molecule has 1 N–H and O–H groups in total. The Hall–Kier alpha value is -3.10. The van der Waals surface area contributed by atoms with E-state index in [9.17, 15) is 28.1 Å². The predicted octanol–water partition coefficient (Wildman–Crippen LogP) is 4.05. The van der Waals surface area contributed by atoms with Gasteiger partial charge in [0.2, 0.25) is 0 Å². The quantitative estimate of drug-likeness (QED) is 0.672. The van der Waals surface area contributed by atoms with E-state index in [1.165, 1.54) is 37.3 Å². The molecule has 0 radical (unpaired) electrons. The molecule has 0 heterocycles. The first-order chi connectivity index (χ1) is 11.2. The molecule has 0 aromatic heterocycles. The SMILES string of the molecule is Cc1ccc(C(=O)Nc2ccccc2OC(F)(F)F)cc1[N+](=O)[O-]. The Morgan fingerprint density at radius 2 is 1.88 bits per heavy atom. The molecule has 0 bridgehead atoms. The van der Waals surface area contributed by atoms with Gasteiger partial charge in [0.15, 0.2) is 5.75 Å². The zero-order chi connectivity index (χ0) is 17.9. The van der Waals surface area contributed by atoms with Crippen LogP contribution in [0.5, 0.6) is 5.75 Å². The van der Waals surface area contributed by atoms with E-state index in [1.54, 1.807) is 0 Å². The Balaban J connectivity index is 2.28. The van der Waals surface area contributed by atoms with Crippen molar-refractivity contribution < 1.29 is 27.6 Å². The van der Waals surface area contributed by atoms with Crippen LogP contribution in [-0.4, -0.2) is 17.2 Å². The lowest BCUT2D eigenvalue weighted by molar-refractivity contribution is -0.385. The van der Waals surface area contributed by atoms with E-state index >= 15 is 0 Å². The van der Waals surface area contributed by atoms with Gasteiger partial charge in [0.05, 0.1) is 10.6 Å². The Bertz CT molecular complexity index is 791. The van der Waals surface area contributed by atoms with Gasteiger partial charge in [-0.3, -0.25) is 14.9 Å². The van der Waals surface area contributed by atoms with Crippen molar-refractivity contribution in [2.75, 3.05) is 5.32 Å². The first kappa shape index (κ1) is 17.3. The average Bonchev–Trinajstić information content (AvgIpc) is 2.48. The highest BCUT2D eigenvalue weighted by atomic mass is 19.4. The summed E-state index contributed by atoms with van der Waals surface area (Å²) in [4.78, 5) is 22.4. The highest BCUT2D eigenvalue weighted by molar-refractivity contribution is 6.05. The summed E-state index contributed by atoms with van der Waals surface area (Å²) in [7, 11) is 0. The summed E-state index contributed by atoms with van der Waals surface area (Å²) in [6, 6.07) is 8.76. The number of hydrogen-bond donors (Lipinski definition) is 1. The number of carbonyl (C=O) groups is 1. The first-order valence-corrected chi connectivity index (χ1v) is 6.58. The molecule has 0 atom stereocenters. The standard InChI is InChI=1S/C15H11F3N2O4/c1-9-6-7-10(8-12(9)20(22)23)14(21)19-11-4-2-3-5-13(11)24-15(16,17)18/h2-8H,1H3,(H,19,21). The largest absolute Gasteiger partial charge is 0.573 e. The van der Waals surface area contributed by atoms with Crippen molar-refractivity contribution >= 4 is 17.3 Å². The number of amides is 1. The molecule has 2 aromatic rings. The number of halogens is 3. The number of nitro benzene ring substituents is 1. The zero-order valence-corrected chi connectivity index (χ0v) is 12.3. The molecule has 6 nitrogen and oxygen atoms in total. The van der Waals surface area contributed by atoms with Crippen molar-refractivity contribution in [1.82, 2.24) is 0 Å². The van der Waals surface area contributed by atoms with Gasteiger partial charge in [-0.2, -0.15) is 0 Å². The van der Waals surface area contributed by atoms with Crippen LogP contribution in [0.2, 0.25) is 0 Å². The van der Waals surface area contributed by atoms with Crippen molar-refractivity contribution in [2.24, 2.45) is 0 Å². The average molecular weight is 340 g/mol. The summed E-state index contributed by atoms with van der Waals surface area (Å²) in [5, 5.41) is 13.1. The van der Waals surface area contributed by atoms with Gasteiger partial charge in [-0.15, -0.1) is 13.2 Å². The molecular weight excluding hydrogens is 329 g/mol. The molecule has 2 rings (SSSR count). The monoisotopic (exact) mass is 340 g/mol. The molecular formula is C15H11F3N2O4. The lowest BCUT2D eigenvalue weighted by atomic mass is 10.1. The number of nitro groups is 1. The number of alkyl halides is 3. The Labute approximate surface area is 134 Å². The van der Waals surface area contributed by atoms with Crippen molar-refractivity contribution in [1.29, 1.82) is 0 Å². The molecule has 0 aliphatic carbocycles. The fourth-order valence-corrected chi connectivity index (χ4v) is 1.93. The first-order valence-electron chi connectivity index (χ1n) is 6.58. The summed E-state index contributed by atoms with van der Waals surface area (Å²) in [5.41, 5.74) is -0.169. The van der Waals surface area contributed by atoms with Gasteiger partial charge in [0.1, 0.15) is 0 Å². The van der Waals surface area contributed by atoms with Crippen molar-refractivity contribution in [3.63, 3.8) is 0 Å². The molecule has 0 spiro atoms. The number of anilines is 1. The number of para-hydroxylation sites is 2. The second kappa shape index (κ2) is 6.57. The van der Waals surface area contributed by atoms with Crippen molar-refractivity contribution in [2.45, 2.75) is 13.3 Å². The molecule has 0 aliphatic rings. The van der Waals surface area contributed by atoms with Crippen LogP contribution in [0.25, 0.3) is 0 Å². The maximum atomic E-state index is 12.4. The van der Waals surface area contributed by atoms with E-state index in [2.05, 4.69) is 10.1 Å². The molecule has 0 saturated heterocycles. The number of hydrogen-bond acceptors (Lipinski definition) is 4. The third-order valence-corrected chi connectivity index (χ3v) is 3.03. The van der Waals surface area contributed by atoms with Gasteiger partial charge in [-0.05, 0) is 25.1 Å². The van der Waals surface area contributed by atoms with Crippen LogP contribution in [0.4, 0.5) is 24.5 Å². The van der Waals surface area contributed by atoms with Gasteiger partial charge in [0, 0.05) is 17.2 Å². The molecule has 0 aliphatic heterocycles. The third-order valence-electron chi connectivity index (χ3n) is 3.03. The van der Waals surface area contributed by atoms with Crippen LogP contribution in [0.15, 0.2) is 42.5 Å². The minimum Gasteiger partial charge on any atom is -0.404 e. The molecule has 0 fully saturated rings. The fraction of sp³-hybridized carbons (Fsp3) is 0.133. The minimum atomic E-state index is -4.91. The van der Waals surface area contributed by atoms with E-state index in [0.29, 0.717) is 5.56 Å². The van der Waals surface area contributed by atoms with Gasteiger partial charge >= 0.3 is 6.36 Å². The Morgan fingerprint density at radius 1 is 1.21 bits per heavy atom. The van der Waals surface area contributed by atoms with Crippen LogP contribution in [-0.2, 0) is 0 Å². The van der Waals surface area contributed by atoms with Crippen LogP contribution < -0.4 is 10.1 Å². The summed E-state index contributed by atoms with van der Waals surface area (Å²) < 4.78 is 40.9. The van der Waals surface area contributed by atoms with Gasteiger partial charge in [0.25, 0.3) is 11.6 Å². The second-order valence-electron chi connectivity index (χ2n) is 4.76. The molecule has 1 amide bonds. The summed E-state index contributed by atoms with van der Waals surface area (Å²) in [6.45, 7) is 1.51. The van der Waals surface area contributed by atoms with Crippen LogP contribution >= 0.6 is 0 Å². The van der Waals surface area contributed by atoms with E-state index in [1.807, 2.05) is 0 Å². The molecule has 24 heavy (non-hydrogen) atoms. The number of benzene rings is 2. The summed E-state index contributed by atoms with van der Waals surface area (Å²) in [6.07, 6.45) is -4.91. The van der Waals surface area contributed by atoms with Gasteiger partial charge < -0.3 is 10.1 Å². The highest BCUT2D eigenvalue weighted by Crippen LogP contribution is 2.30. The van der Waals surface area contributed by atoms with Crippen molar-refractivity contribution in [3.05, 3.63) is 63.7 Å². The zero-order valence-electron chi connectivity index (χ0n) is 12.3. The van der Waals surface area contributed by atoms with Gasteiger partial charge in [-0.25, -0.2) is 0 Å². The fourth-order valence-electron chi connectivity index (χ4n) is 1.93. The number of ether oxygens (including phenoxy) is 1. The Morgan fingerprint density at radius 3 is 2.50 bits per heavy atom. The number of carbonyl (C=O) groups excluding carboxylic acids is 1. The lowest BCUT2D eigenvalue weighted by Gasteiger charge is -2.13. The topological polar surface area (TPSA) is 81.5 Å². The van der Waals surface area contributed by atoms with E-state index < -0.39 is 22.9 Å². The Kier molecular flexibility index (Phi) is 4.72.